The highest BCUT2D eigenvalue weighted by Crippen LogP contribution is 2.34. The van der Waals surface area contributed by atoms with Crippen LogP contribution in [0.1, 0.15) is 43.9 Å². The minimum atomic E-state index is -4.42. The number of nitrogen functional groups attached to an aromatic ring is 1. The van der Waals surface area contributed by atoms with Crippen molar-refractivity contribution < 1.29 is 18.3 Å². The molecule has 0 saturated heterocycles. The molecule has 1 rings (SSSR count). The van der Waals surface area contributed by atoms with Crippen LogP contribution < -0.4 is 5.73 Å². The van der Waals surface area contributed by atoms with E-state index in [4.69, 9.17) is 5.73 Å². The fraction of sp³-hybridized carbons (Fsp3) is 0.538. The van der Waals surface area contributed by atoms with Crippen molar-refractivity contribution in [2.45, 2.75) is 39.0 Å². The first-order valence-corrected chi connectivity index (χ1v) is 5.86. The molecule has 1 aromatic carbocycles. The summed E-state index contributed by atoms with van der Waals surface area (Å²) in [5.74, 6) is 0.381. The summed E-state index contributed by atoms with van der Waals surface area (Å²) in [5, 5.41) is 9.89. The van der Waals surface area contributed by atoms with Crippen LogP contribution in [0.5, 0.6) is 0 Å². The van der Waals surface area contributed by atoms with Gasteiger partial charge in [0.05, 0.1) is 11.7 Å². The number of alkyl halides is 3. The van der Waals surface area contributed by atoms with Gasteiger partial charge in [0.25, 0.3) is 0 Å². The van der Waals surface area contributed by atoms with Crippen molar-refractivity contribution in [3.63, 3.8) is 0 Å². The van der Waals surface area contributed by atoms with E-state index in [2.05, 4.69) is 0 Å². The van der Waals surface area contributed by atoms with Crippen molar-refractivity contribution >= 4 is 5.69 Å². The molecule has 0 radical (unpaired) electrons. The highest BCUT2D eigenvalue weighted by atomic mass is 19.4. The van der Waals surface area contributed by atoms with Gasteiger partial charge >= 0.3 is 6.18 Å². The molecule has 1 aromatic rings. The van der Waals surface area contributed by atoms with Crippen LogP contribution in [0, 0.1) is 5.92 Å². The van der Waals surface area contributed by atoms with Crippen molar-refractivity contribution in [3.05, 3.63) is 29.3 Å². The Morgan fingerprint density at radius 1 is 1.22 bits per heavy atom. The van der Waals surface area contributed by atoms with Crippen LogP contribution in [0.15, 0.2) is 18.2 Å². The highest BCUT2D eigenvalue weighted by Gasteiger charge is 2.31. The number of rotatable bonds is 4. The van der Waals surface area contributed by atoms with E-state index < -0.39 is 17.8 Å². The number of nitrogens with two attached hydrogens (primary N) is 1. The lowest BCUT2D eigenvalue weighted by molar-refractivity contribution is -0.137. The standard InChI is InChI=1S/C13H18F3NO/c1-8(2)3-6-12(18)10-7-9(13(14,15)16)4-5-11(10)17/h4-5,7-8,12,18H,3,6,17H2,1-2H3. The maximum absolute atomic E-state index is 12.6. The van der Waals surface area contributed by atoms with Gasteiger partial charge in [-0.3, -0.25) is 0 Å². The molecule has 0 saturated carbocycles. The van der Waals surface area contributed by atoms with Crippen LogP contribution >= 0.6 is 0 Å². The monoisotopic (exact) mass is 261 g/mol. The highest BCUT2D eigenvalue weighted by molar-refractivity contribution is 5.50. The molecule has 3 N–H and O–H groups in total. The van der Waals surface area contributed by atoms with Gasteiger partial charge in [-0.05, 0) is 37.0 Å². The molecule has 0 aliphatic rings. The Kier molecular flexibility index (Phi) is 4.62. The molecule has 0 aliphatic heterocycles. The van der Waals surface area contributed by atoms with Gasteiger partial charge < -0.3 is 10.8 Å². The van der Waals surface area contributed by atoms with Gasteiger partial charge in [0.15, 0.2) is 0 Å². The van der Waals surface area contributed by atoms with Crippen molar-refractivity contribution in [2.24, 2.45) is 5.92 Å². The maximum atomic E-state index is 12.6. The van der Waals surface area contributed by atoms with E-state index in [0.717, 1.165) is 18.6 Å². The second-order valence-electron chi connectivity index (χ2n) is 4.83. The molecule has 18 heavy (non-hydrogen) atoms. The van der Waals surface area contributed by atoms with Gasteiger partial charge in [0.2, 0.25) is 0 Å². The summed E-state index contributed by atoms with van der Waals surface area (Å²) in [6.45, 7) is 3.98. The number of aliphatic hydroxyl groups excluding tert-OH is 1. The van der Waals surface area contributed by atoms with Crippen LogP contribution in [0.4, 0.5) is 18.9 Å². The molecule has 0 bridgehead atoms. The lowest BCUT2D eigenvalue weighted by Gasteiger charge is -2.16. The molecule has 0 heterocycles. The Balaban J connectivity index is 2.93. The minimum absolute atomic E-state index is 0.158. The van der Waals surface area contributed by atoms with E-state index in [1.54, 1.807) is 0 Å². The smallest absolute Gasteiger partial charge is 0.398 e. The number of aliphatic hydroxyl groups is 1. The number of benzene rings is 1. The molecular formula is C13H18F3NO. The molecule has 0 fully saturated rings. The molecule has 0 aliphatic carbocycles. The van der Waals surface area contributed by atoms with Gasteiger partial charge in [0, 0.05) is 11.3 Å². The number of hydrogen-bond donors (Lipinski definition) is 2. The number of halogens is 3. The van der Waals surface area contributed by atoms with Crippen molar-refractivity contribution in [2.75, 3.05) is 5.73 Å². The SMILES string of the molecule is CC(C)CCC(O)c1cc(C(F)(F)F)ccc1N. The lowest BCUT2D eigenvalue weighted by atomic mass is 9.97. The topological polar surface area (TPSA) is 46.2 Å². The van der Waals surface area contributed by atoms with Crippen LogP contribution in [0.2, 0.25) is 0 Å². The Bertz CT molecular complexity index is 402. The van der Waals surface area contributed by atoms with E-state index in [-0.39, 0.29) is 11.3 Å². The predicted molar refractivity (Wildman–Crippen MR) is 64.9 cm³/mol. The summed E-state index contributed by atoms with van der Waals surface area (Å²) in [5.41, 5.74) is 5.18. The minimum Gasteiger partial charge on any atom is -0.398 e. The Morgan fingerprint density at radius 3 is 2.33 bits per heavy atom. The third-order valence-corrected chi connectivity index (χ3v) is 2.79. The molecule has 1 atom stereocenters. The average molecular weight is 261 g/mol. The van der Waals surface area contributed by atoms with Gasteiger partial charge in [-0.2, -0.15) is 13.2 Å². The van der Waals surface area contributed by atoms with Gasteiger partial charge in [-0.1, -0.05) is 13.8 Å². The van der Waals surface area contributed by atoms with Crippen molar-refractivity contribution in [3.8, 4) is 0 Å². The van der Waals surface area contributed by atoms with Gasteiger partial charge in [-0.25, -0.2) is 0 Å². The first kappa shape index (κ1) is 14.8. The first-order valence-electron chi connectivity index (χ1n) is 5.86. The van der Waals surface area contributed by atoms with Gasteiger partial charge in [0.1, 0.15) is 0 Å². The third kappa shape index (κ3) is 3.91. The van der Waals surface area contributed by atoms with E-state index in [1.807, 2.05) is 13.8 Å². The summed E-state index contributed by atoms with van der Waals surface area (Å²) < 4.78 is 37.7. The Hall–Kier alpha value is -1.23. The Labute approximate surface area is 105 Å². The molecule has 0 aromatic heterocycles. The van der Waals surface area contributed by atoms with E-state index in [1.165, 1.54) is 6.07 Å². The largest absolute Gasteiger partial charge is 0.416 e. The summed E-state index contributed by atoms with van der Waals surface area (Å²) in [4.78, 5) is 0. The van der Waals surface area contributed by atoms with Crippen LogP contribution in [-0.4, -0.2) is 5.11 Å². The van der Waals surface area contributed by atoms with Gasteiger partial charge in [-0.15, -0.1) is 0 Å². The second kappa shape index (κ2) is 5.61. The fourth-order valence-electron chi connectivity index (χ4n) is 1.69. The molecule has 0 spiro atoms. The summed E-state index contributed by atoms with van der Waals surface area (Å²) in [6, 6.07) is 3.05. The zero-order valence-electron chi connectivity index (χ0n) is 10.5. The van der Waals surface area contributed by atoms with E-state index in [9.17, 15) is 18.3 Å². The molecule has 102 valence electrons. The lowest BCUT2D eigenvalue weighted by Crippen LogP contribution is -2.09. The second-order valence-corrected chi connectivity index (χ2v) is 4.83. The summed E-state index contributed by atoms with van der Waals surface area (Å²) in [6.07, 6.45) is -4.23. The first-order chi connectivity index (χ1) is 8.21. The quantitative estimate of drug-likeness (QED) is 0.811. The zero-order chi connectivity index (χ0) is 13.9. The van der Waals surface area contributed by atoms with E-state index in [0.29, 0.717) is 12.3 Å². The van der Waals surface area contributed by atoms with E-state index >= 15 is 0 Å². The summed E-state index contributed by atoms with van der Waals surface area (Å²) in [7, 11) is 0. The molecule has 5 heteroatoms. The van der Waals surface area contributed by atoms with Crippen LogP contribution in [-0.2, 0) is 6.18 Å². The molecule has 1 unspecified atom stereocenters. The average Bonchev–Trinajstić information content (AvgIpc) is 2.24. The van der Waals surface area contributed by atoms with Crippen molar-refractivity contribution in [1.82, 2.24) is 0 Å². The van der Waals surface area contributed by atoms with Crippen LogP contribution in [0.3, 0.4) is 0 Å². The summed E-state index contributed by atoms with van der Waals surface area (Å²) >= 11 is 0. The molecule has 2 nitrogen and oxygen atoms in total. The maximum Gasteiger partial charge on any atom is 0.416 e. The number of anilines is 1. The van der Waals surface area contributed by atoms with Crippen LogP contribution in [0.25, 0.3) is 0 Å². The predicted octanol–water partition coefficient (Wildman–Crippen LogP) is 3.76. The van der Waals surface area contributed by atoms with Crippen molar-refractivity contribution in [1.29, 1.82) is 0 Å². The molecule has 0 amide bonds. The number of hydrogen-bond acceptors (Lipinski definition) is 2. The Morgan fingerprint density at radius 2 is 1.83 bits per heavy atom. The fourth-order valence-corrected chi connectivity index (χ4v) is 1.69. The third-order valence-electron chi connectivity index (χ3n) is 2.79. The molecular weight excluding hydrogens is 243 g/mol. The zero-order valence-corrected chi connectivity index (χ0v) is 10.5. The normalized spacial score (nSPS) is 13.9.